The first kappa shape index (κ1) is 31.0. The number of hydrogen-bond donors (Lipinski definition) is 1. The van der Waals surface area contributed by atoms with Crippen LogP contribution in [0.4, 0.5) is 0 Å². The number of hydrogen-bond acceptors (Lipinski definition) is 2. The van der Waals surface area contributed by atoms with Crippen molar-refractivity contribution in [3.05, 3.63) is 120 Å². The molecule has 0 saturated carbocycles. The van der Waals surface area contributed by atoms with Gasteiger partial charge in [0.1, 0.15) is 0 Å². The molecule has 0 spiro atoms. The summed E-state index contributed by atoms with van der Waals surface area (Å²) in [5.74, 6) is 0. The van der Waals surface area contributed by atoms with Gasteiger partial charge < -0.3 is 9.78 Å². The third-order valence-corrected chi connectivity index (χ3v) is 8.12. The van der Waals surface area contributed by atoms with E-state index in [4.69, 9.17) is 0 Å². The lowest BCUT2D eigenvalue weighted by Gasteiger charge is -2.13. The molecular formula is C38H45BN2O. The molecule has 3 aromatic carbocycles. The quantitative estimate of drug-likeness (QED) is 0.0833. The average Bonchev–Trinajstić information content (AvgIpc) is 3.36. The Hall–Kier alpha value is -3.92. The van der Waals surface area contributed by atoms with E-state index in [1.165, 1.54) is 16.7 Å². The predicted octanol–water partition coefficient (Wildman–Crippen LogP) is 10.0. The maximum atomic E-state index is 13.7. The van der Waals surface area contributed by atoms with Gasteiger partial charge in [-0.05, 0) is 61.9 Å². The summed E-state index contributed by atoms with van der Waals surface area (Å²) in [6.07, 6.45) is 12.3. The summed E-state index contributed by atoms with van der Waals surface area (Å²) >= 11 is 0. The number of aromatic amines is 1. The van der Waals surface area contributed by atoms with Gasteiger partial charge in [-0.15, -0.1) is 0 Å². The highest BCUT2D eigenvalue weighted by molar-refractivity contribution is 6.90. The van der Waals surface area contributed by atoms with Crippen LogP contribution >= 0.6 is 0 Å². The van der Waals surface area contributed by atoms with Crippen molar-refractivity contribution in [2.75, 3.05) is 0 Å². The molecular weight excluding hydrogens is 511 g/mol. The number of nitrogens with one attached hydrogen (secondary N) is 1. The number of carbonyl (C=O) groups is 1. The number of unbranched alkanes of at least 4 members (excludes halogenated alkanes) is 1. The van der Waals surface area contributed by atoms with Crippen molar-refractivity contribution in [3.8, 4) is 11.3 Å². The molecule has 0 aliphatic carbocycles. The van der Waals surface area contributed by atoms with E-state index in [1.807, 2.05) is 12.1 Å². The van der Waals surface area contributed by atoms with Crippen LogP contribution in [-0.4, -0.2) is 23.1 Å². The van der Waals surface area contributed by atoms with E-state index >= 15 is 0 Å². The number of aliphatic imine (C=N–C) groups is 1. The summed E-state index contributed by atoms with van der Waals surface area (Å²) in [4.78, 5) is 21.9. The molecule has 4 aromatic rings. The molecule has 4 heteroatoms. The summed E-state index contributed by atoms with van der Waals surface area (Å²) < 4.78 is 0. The number of carbonyl (C=O) groups excluding carboxylic acids is 1. The molecule has 0 aliphatic rings. The SMILES string of the molecule is C=C/N=C(\C=C(/C)CCCCB(CCC)C(=O)Cc1c(-c2ccccc2)[nH]c2ccccc12)CCc1cccc(C)c1. The minimum Gasteiger partial charge on any atom is -0.354 e. The van der Waals surface area contributed by atoms with Crippen LogP contribution in [0.3, 0.4) is 0 Å². The number of allylic oxidation sites excluding steroid dienone is 2. The normalized spacial score (nSPS) is 12.1. The number of para-hydroxylation sites is 1. The molecule has 1 heterocycles. The summed E-state index contributed by atoms with van der Waals surface area (Å²) in [6, 6.07) is 27.4. The van der Waals surface area contributed by atoms with Crippen LogP contribution in [0.15, 0.2) is 108 Å². The minimum atomic E-state index is 0.101. The van der Waals surface area contributed by atoms with Crippen LogP contribution in [0.1, 0.15) is 62.6 Å². The third kappa shape index (κ3) is 8.79. The van der Waals surface area contributed by atoms with Gasteiger partial charge in [0.2, 0.25) is 6.71 Å². The Morgan fingerprint density at radius 2 is 1.74 bits per heavy atom. The van der Waals surface area contributed by atoms with Crippen molar-refractivity contribution < 1.29 is 4.79 Å². The Morgan fingerprint density at radius 3 is 2.50 bits per heavy atom. The van der Waals surface area contributed by atoms with Gasteiger partial charge in [-0.3, -0.25) is 4.99 Å². The number of rotatable bonds is 16. The molecule has 1 aromatic heterocycles. The first-order chi connectivity index (χ1) is 20.5. The van der Waals surface area contributed by atoms with Gasteiger partial charge in [0.25, 0.3) is 0 Å². The summed E-state index contributed by atoms with van der Waals surface area (Å²) in [6.45, 7) is 10.4. The molecule has 42 heavy (non-hydrogen) atoms. The fraction of sp³-hybridized carbons (Fsp3) is 0.316. The minimum absolute atomic E-state index is 0.101. The van der Waals surface area contributed by atoms with E-state index in [-0.39, 0.29) is 6.71 Å². The molecule has 3 nitrogen and oxygen atoms in total. The fourth-order valence-electron chi connectivity index (χ4n) is 5.95. The molecule has 0 fully saturated rings. The largest absolute Gasteiger partial charge is 0.354 e. The second-order valence-electron chi connectivity index (χ2n) is 11.5. The van der Waals surface area contributed by atoms with Crippen LogP contribution in [0, 0.1) is 6.92 Å². The predicted molar refractivity (Wildman–Crippen MR) is 183 cm³/mol. The number of nitrogens with zero attached hydrogens (tertiary/aromatic N) is 1. The van der Waals surface area contributed by atoms with Crippen LogP contribution in [-0.2, 0) is 17.6 Å². The Labute approximate surface area is 253 Å². The topological polar surface area (TPSA) is 45.2 Å². The van der Waals surface area contributed by atoms with E-state index in [1.54, 1.807) is 6.20 Å². The number of aryl methyl sites for hydroxylation is 2. The third-order valence-electron chi connectivity index (χ3n) is 8.12. The molecule has 0 radical (unpaired) electrons. The molecule has 0 unspecified atom stereocenters. The van der Waals surface area contributed by atoms with Gasteiger partial charge in [0.15, 0.2) is 0 Å². The Morgan fingerprint density at radius 1 is 0.952 bits per heavy atom. The summed E-state index contributed by atoms with van der Waals surface area (Å²) in [5, 5.41) is 1.15. The van der Waals surface area contributed by atoms with E-state index in [2.05, 4.69) is 110 Å². The highest BCUT2D eigenvalue weighted by atomic mass is 16.1. The Kier molecular flexibility index (Phi) is 11.8. The lowest BCUT2D eigenvalue weighted by molar-refractivity contribution is -0.111. The smallest absolute Gasteiger partial charge is 0.223 e. The highest BCUT2D eigenvalue weighted by Crippen LogP contribution is 2.31. The highest BCUT2D eigenvalue weighted by Gasteiger charge is 2.24. The van der Waals surface area contributed by atoms with Crippen LogP contribution < -0.4 is 0 Å². The van der Waals surface area contributed by atoms with Crippen molar-refractivity contribution in [1.29, 1.82) is 0 Å². The first-order valence-corrected chi connectivity index (χ1v) is 15.6. The second kappa shape index (κ2) is 15.9. The molecule has 0 aliphatic heterocycles. The van der Waals surface area contributed by atoms with Crippen LogP contribution in [0.2, 0.25) is 12.6 Å². The van der Waals surface area contributed by atoms with E-state index in [0.717, 1.165) is 84.6 Å². The maximum absolute atomic E-state index is 13.7. The van der Waals surface area contributed by atoms with Gasteiger partial charge in [-0.25, -0.2) is 0 Å². The van der Waals surface area contributed by atoms with Crippen molar-refractivity contribution in [3.63, 3.8) is 0 Å². The zero-order chi connectivity index (χ0) is 29.7. The van der Waals surface area contributed by atoms with E-state index in [0.29, 0.717) is 12.1 Å². The molecule has 0 saturated heterocycles. The van der Waals surface area contributed by atoms with Crippen molar-refractivity contribution >= 4 is 29.0 Å². The van der Waals surface area contributed by atoms with Gasteiger partial charge >= 0.3 is 0 Å². The molecule has 0 atom stereocenters. The Balaban J connectivity index is 1.35. The summed E-state index contributed by atoms with van der Waals surface area (Å²) in [7, 11) is 0. The van der Waals surface area contributed by atoms with E-state index < -0.39 is 0 Å². The van der Waals surface area contributed by atoms with Gasteiger partial charge in [-0.1, -0.05) is 129 Å². The van der Waals surface area contributed by atoms with Gasteiger partial charge in [0, 0.05) is 29.2 Å². The zero-order valence-corrected chi connectivity index (χ0v) is 25.7. The second-order valence-corrected chi connectivity index (χ2v) is 11.5. The van der Waals surface area contributed by atoms with Crippen molar-refractivity contribution in [2.24, 2.45) is 4.99 Å². The number of fused-ring (bicyclic) bond motifs is 1. The standard InChI is InChI=1S/C38H45BN2O/c1-5-24-39(25-13-12-15-30(4)27-33(40-6-2)23-22-31-17-14-16-29(3)26-31)37(42)28-35-34-20-10-11-21-36(34)41-38(35)32-18-8-7-9-19-32/h6-11,14,16-21,26-27,41H,2,5,12-13,15,22-25,28H2,1,3-4H3/b30-27+,40-33-. The lowest BCUT2D eigenvalue weighted by Crippen LogP contribution is -2.27. The molecule has 0 amide bonds. The maximum Gasteiger partial charge on any atom is 0.223 e. The van der Waals surface area contributed by atoms with E-state index in [9.17, 15) is 4.79 Å². The molecule has 0 bridgehead atoms. The van der Waals surface area contributed by atoms with Crippen molar-refractivity contribution in [1.82, 2.24) is 4.98 Å². The zero-order valence-electron chi connectivity index (χ0n) is 25.7. The van der Waals surface area contributed by atoms with Crippen LogP contribution in [0.25, 0.3) is 22.2 Å². The number of aromatic nitrogens is 1. The molecule has 4 rings (SSSR count). The molecule has 1 N–H and O–H groups in total. The number of benzene rings is 3. The average molecular weight is 557 g/mol. The molecule has 216 valence electrons. The van der Waals surface area contributed by atoms with Gasteiger partial charge in [0.05, 0.1) is 11.4 Å². The lowest BCUT2D eigenvalue weighted by atomic mass is 9.40. The monoisotopic (exact) mass is 556 g/mol. The van der Waals surface area contributed by atoms with Crippen LogP contribution in [0.5, 0.6) is 0 Å². The first-order valence-electron chi connectivity index (χ1n) is 15.6. The van der Waals surface area contributed by atoms with Crippen molar-refractivity contribution in [2.45, 2.75) is 78.4 Å². The van der Waals surface area contributed by atoms with Gasteiger partial charge in [-0.2, -0.15) is 0 Å². The number of H-pyrrole nitrogens is 1. The summed E-state index contributed by atoms with van der Waals surface area (Å²) in [5.41, 5.74) is 9.83. The Bertz CT molecular complexity index is 1530. The fourth-order valence-corrected chi connectivity index (χ4v) is 5.95.